The number of carbonyl (C=O) groups is 2. The highest BCUT2D eigenvalue weighted by atomic mass is 16.2. The molecule has 0 radical (unpaired) electrons. The van der Waals surface area contributed by atoms with E-state index in [4.69, 9.17) is 5.73 Å². The zero-order chi connectivity index (χ0) is 15.8. The molecule has 1 saturated heterocycles. The Morgan fingerprint density at radius 3 is 2.14 bits per heavy atom. The van der Waals surface area contributed by atoms with Gasteiger partial charge in [0.1, 0.15) is 0 Å². The fourth-order valence-corrected chi connectivity index (χ4v) is 3.34. The third-order valence-corrected chi connectivity index (χ3v) is 4.72. The molecule has 0 bridgehead atoms. The number of nitrogens with two attached hydrogens (primary N) is 1. The number of amides is 3. The van der Waals surface area contributed by atoms with Crippen LogP contribution in [0.1, 0.15) is 57.8 Å². The molecule has 0 atom stereocenters. The minimum Gasteiger partial charge on any atom is -0.343 e. The van der Waals surface area contributed by atoms with E-state index in [2.05, 4.69) is 10.6 Å². The molecule has 1 aliphatic heterocycles. The van der Waals surface area contributed by atoms with Gasteiger partial charge in [-0.15, -0.1) is 0 Å². The lowest BCUT2D eigenvalue weighted by Gasteiger charge is -2.33. The van der Waals surface area contributed by atoms with Gasteiger partial charge in [0.2, 0.25) is 5.91 Å². The van der Waals surface area contributed by atoms with Crippen molar-refractivity contribution in [1.82, 2.24) is 15.5 Å². The fourth-order valence-electron chi connectivity index (χ4n) is 3.34. The molecule has 22 heavy (non-hydrogen) atoms. The minimum absolute atomic E-state index is 0.0418. The zero-order valence-corrected chi connectivity index (χ0v) is 13.5. The van der Waals surface area contributed by atoms with E-state index in [1.54, 1.807) is 0 Å². The Labute approximate surface area is 133 Å². The third-order valence-electron chi connectivity index (χ3n) is 4.72. The molecule has 1 aliphatic carbocycles. The molecule has 0 spiro atoms. The Hall–Kier alpha value is -1.30. The van der Waals surface area contributed by atoms with Crippen LogP contribution in [0, 0.1) is 0 Å². The highest BCUT2D eigenvalue weighted by molar-refractivity contribution is 5.76. The second-order valence-corrected chi connectivity index (χ2v) is 6.50. The Morgan fingerprint density at radius 2 is 1.55 bits per heavy atom. The topological polar surface area (TPSA) is 87.5 Å². The average Bonchev–Trinajstić information content (AvgIpc) is 2.54. The molecule has 4 N–H and O–H groups in total. The summed E-state index contributed by atoms with van der Waals surface area (Å²) in [6.45, 7) is 2.03. The molecule has 1 heterocycles. The van der Waals surface area contributed by atoms with Crippen LogP contribution in [0.15, 0.2) is 0 Å². The molecule has 2 rings (SSSR count). The van der Waals surface area contributed by atoms with E-state index in [1.165, 1.54) is 19.3 Å². The molecule has 2 aliphatic rings. The summed E-state index contributed by atoms with van der Waals surface area (Å²) in [4.78, 5) is 25.8. The lowest BCUT2D eigenvalue weighted by molar-refractivity contribution is -0.132. The van der Waals surface area contributed by atoms with Crippen LogP contribution in [0.4, 0.5) is 4.79 Å². The number of hydrogen-bond donors (Lipinski definition) is 3. The van der Waals surface area contributed by atoms with Gasteiger partial charge in [-0.3, -0.25) is 4.79 Å². The Kier molecular flexibility index (Phi) is 6.96. The number of piperidine rings is 1. The molecule has 2 fully saturated rings. The van der Waals surface area contributed by atoms with Crippen molar-refractivity contribution in [2.45, 2.75) is 69.9 Å². The van der Waals surface area contributed by atoms with E-state index in [0.29, 0.717) is 19.0 Å². The molecule has 0 aromatic rings. The lowest BCUT2D eigenvalue weighted by Crippen LogP contribution is -2.51. The molecule has 126 valence electrons. The molecule has 0 aromatic heterocycles. The number of carbonyl (C=O) groups excluding carboxylic acids is 2. The smallest absolute Gasteiger partial charge is 0.315 e. The summed E-state index contributed by atoms with van der Waals surface area (Å²) in [5.41, 5.74) is 5.43. The second-order valence-electron chi connectivity index (χ2n) is 6.50. The number of nitrogens with zero attached hydrogens (tertiary/aromatic N) is 1. The van der Waals surface area contributed by atoms with Crippen LogP contribution in [0.25, 0.3) is 0 Å². The predicted octanol–water partition coefficient (Wildman–Crippen LogP) is 1.35. The summed E-state index contributed by atoms with van der Waals surface area (Å²) in [6, 6.07) is 0.480. The summed E-state index contributed by atoms with van der Waals surface area (Å²) >= 11 is 0. The highest BCUT2D eigenvalue weighted by Crippen LogP contribution is 2.17. The van der Waals surface area contributed by atoms with Gasteiger partial charge < -0.3 is 21.3 Å². The highest BCUT2D eigenvalue weighted by Gasteiger charge is 2.24. The number of nitrogens with one attached hydrogen (secondary N) is 2. The van der Waals surface area contributed by atoms with Crippen molar-refractivity contribution < 1.29 is 9.59 Å². The Balaban J connectivity index is 1.64. The number of hydrogen-bond acceptors (Lipinski definition) is 3. The maximum atomic E-state index is 12.0. The van der Waals surface area contributed by atoms with Crippen molar-refractivity contribution in [3.63, 3.8) is 0 Å². The van der Waals surface area contributed by atoms with E-state index in [9.17, 15) is 9.59 Å². The minimum atomic E-state index is -0.0418. The molecule has 1 saturated carbocycles. The van der Waals surface area contributed by atoms with E-state index in [1.807, 2.05) is 4.90 Å². The SMILES string of the molecule is NCCCC(=O)N1CCC(NC(=O)NC2CCCCC2)CC1. The molecule has 6 heteroatoms. The summed E-state index contributed by atoms with van der Waals surface area (Å²) in [7, 11) is 0. The van der Waals surface area contributed by atoms with E-state index in [0.717, 1.165) is 45.2 Å². The molecular formula is C16H30N4O2. The molecular weight excluding hydrogens is 280 g/mol. The first-order valence-corrected chi connectivity index (χ1v) is 8.74. The first-order chi connectivity index (χ1) is 10.7. The van der Waals surface area contributed by atoms with Gasteiger partial charge in [0.15, 0.2) is 0 Å². The van der Waals surface area contributed by atoms with Crippen LogP contribution < -0.4 is 16.4 Å². The maximum Gasteiger partial charge on any atom is 0.315 e. The summed E-state index contributed by atoms with van der Waals surface area (Å²) in [5.74, 6) is 0.190. The molecule has 3 amide bonds. The largest absolute Gasteiger partial charge is 0.343 e. The van der Waals surface area contributed by atoms with Crippen LogP contribution in [-0.2, 0) is 4.79 Å². The molecule has 0 aromatic carbocycles. The van der Waals surface area contributed by atoms with Gasteiger partial charge in [0, 0.05) is 31.6 Å². The van der Waals surface area contributed by atoms with Crippen LogP contribution in [0.2, 0.25) is 0 Å². The molecule has 6 nitrogen and oxygen atoms in total. The van der Waals surface area contributed by atoms with Gasteiger partial charge in [-0.2, -0.15) is 0 Å². The van der Waals surface area contributed by atoms with Crippen molar-refractivity contribution in [1.29, 1.82) is 0 Å². The maximum absolute atomic E-state index is 12.0. The van der Waals surface area contributed by atoms with Gasteiger partial charge in [0.05, 0.1) is 0 Å². The quantitative estimate of drug-likeness (QED) is 0.716. The zero-order valence-electron chi connectivity index (χ0n) is 13.5. The van der Waals surface area contributed by atoms with Crippen LogP contribution in [-0.4, -0.2) is 48.6 Å². The molecule has 0 unspecified atom stereocenters. The van der Waals surface area contributed by atoms with E-state index < -0.39 is 0 Å². The first kappa shape index (κ1) is 17.1. The fraction of sp³-hybridized carbons (Fsp3) is 0.875. The summed E-state index contributed by atoms with van der Waals surface area (Å²) in [5, 5.41) is 6.14. The van der Waals surface area contributed by atoms with Gasteiger partial charge >= 0.3 is 6.03 Å². The summed E-state index contributed by atoms with van der Waals surface area (Å²) < 4.78 is 0. The van der Waals surface area contributed by atoms with E-state index in [-0.39, 0.29) is 18.0 Å². The van der Waals surface area contributed by atoms with Crippen LogP contribution in [0.5, 0.6) is 0 Å². The van der Waals surface area contributed by atoms with Gasteiger partial charge in [-0.1, -0.05) is 19.3 Å². The normalized spacial score (nSPS) is 20.7. The number of rotatable bonds is 5. The van der Waals surface area contributed by atoms with Crippen LogP contribution >= 0.6 is 0 Å². The van der Waals surface area contributed by atoms with Crippen molar-refractivity contribution in [2.24, 2.45) is 5.73 Å². The second kappa shape index (κ2) is 8.98. The van der Waals surface area contributed by atoms with Crippen molar-refractivity contribution in [3.05, 3.63) is 0 Å². The van der Waals surface area contributed by atoms with Crippen molar-refractivity contribution >= 4 is 11.9 Å². The number of likely N-dealkylation sites (tertiary alicyclic amines) is 1. The van der Waals surface area contributed by atoms with Crippen molar-refractivity contribution in [3.8, 4) is 0 Å². The monoisotopic (exact) mass is 310 g/mol. The summed E-state index contributed by atoms with van der Waals surface area (Å²) in [6.07, 6.45) is 8.89. The number of urea groups is 1. The van der Waals surface area contributed by atoms with Gasteiger partial charge in [-0.25, -0.2) is 4.79 Å². The first-order valence-electron chi connectivity index (χ1n) is 8.74. The third kappa shape index (κ3) is 5.48. The Morgan fingerprint density at radius 1 is 0.955 bits per heavy atom. The predicted molar refractivity (Wildman–Crippen MR) is 86.4 cm³/mol. The lowest BCUT2D eigenvalue weighted by atomic mass is 9.96. The van der Waals surface area contributed by atoms with E-state index >= 15 is 0 Å². The standard InChI is InChI=1S/C16H30N4O2/c17-10-4-7-15(21)20-11-8-14(9-12-20)19-16(22)18-13-5-2-1-3-6-13/h13-14H,1-12,17H2,(H2,18,19,22). The average molecular weight is 310 g/mol. The Bertz CT molecular complexity index is 361. The van der Waals surface area contributed by atoms with Crippen molar-refractivity contribution in [2.75, 3.05) is 19.6 Å². The van der Waals surface area contributed by atoms with Gasteiger partial charge in [0.25, 0.3) is 0 Å². The van der Waals surface area contributed by atoms with Gasteiger partial charge in [-0.05, 0) is 38.6 Å². The van der Waals surface area contributed by atoms with Crippen LogP contribution in [0.3, 0.4) is 0 Å².